The van der Waals surface area contributed by atoms with Crippen LogP contribution in [0.4, 0.5) is 0 Å². The molecule has 0 saturated heterocycles. The summed E-state index contributed by atoms with van der Waals surface area (Å²) in [4.78, 5) is 0. The lowest BCUT2D eigenvalue weighted by atomic mass is 10.1. The third-order valence-electron chi connectivity index (χ3n) is 1.79. The Morgan fingerprint density at radius 3 is 2.25 bits per heavy atom. The normalized spacial score (nSPS) is 14.0. The fraction of sp³-hybridized carbons (Fsp3) is 0.636. The van der Waals surface area contributed by atoms with Gasteiger partial charge in [-0.15, -0.1) is 0 Å². The maximum absolute atomic E-state index is 4.50. The molecule has 0 aliphatic rings. The van der Waals surface area contributed by atoms with E-state index in [0.717, 1.165) is 5.92 Å². The Hall–Kier alpha value is -0.560. The minimum absolute atomic E-state index is 0.717. The van der Waals surface area contributed by atoms with Gasteiger partial charge in [0.25, 0.3) is 0 Å². The lowest BCUT2D eigenvalue weighted by Crippen LogP contribution is -1.83. The van der Waals surface area contributed by atoms with Gasteiger partial charge in [-0.05, 0) is 26.8 Å². The van der Waals surface area contributed by atoms with E-state index in [0.29, 0.717) is 0 Å². The van der Waals surface area contributed by atoms with E-state index in [9.17, 15) is 0 Å². The molecule has 2 N–H and O–H groups in total. The molecule has 0 aromatic carbocycles. The van der Waals surface area contributed by atoms with E-state index >= 15 is 0 Å². The topological polar surface area (TPSA) is 26.0 Å². The van der Waals surface area contributed by atoms with Crippen LogP contribution in [-0.4, -0.2) is 7.05 Å². The molecule has 72 valence electrons. The molecule has 1 heteroatoms. The van der Waals surface area contributed by atoms with Crippen LogP contribution in [0, 0.1) is 5.92 Å². The predicted octanol–water partition coefficient (Wildman–Crippen LogP) is 3.13. The Morgan fingerprint density at radius 1 is 1.42 bits per heavy atom. The lowest BCUT2D eigenvalue weighted by molar-refractivity contribution is 0.698. The Balaban J connectivity index is 0. The third-order valence-corrected chi connectivity index (χ3v) is 1.79. The Labute approximate surface area is 77.4 Å². The molecule has 0 spiro atoms. The molecule has 1 atom stereocenters. The SMILES string of the molecule is C/C=C(C)\C=C/C(C)CC.CN. The second-order valence-electron chi connectivity index (χ2n) is 2.78. The number of hydrogen-bond donors (Lipinski definition) is 1. The van der Waals surface area contributed by atoms with E-state index in [1.54, 1.807) is 0 Å². The molecule has 1 nitrogen and oxygen atoms in total. The van der Waals surface area contributed by atoms with Crippen molar-refractivity contribution in [3.63, 3.8) is 0 Å². The summed E-state index contributed by atoms with van der Waals surface area (Å²) in [6.45, 7) is 8.63. The molecule has 1 unspecified atom stereocenters. The van der Waals surface area contributed by atoms with Gasteiger partial charge in [0.05, 0.1) is 0 Å². The van der Waals surface area contributed by atoms with Gasteiger partial charge < -0.3 is 5.73 Å². The van der Waals surface area contributed by atoms with Crippen LogP contribution in [0.1, 0.15) is 34.1 Å². The smallest absolute Gasteiger partial charge is 0.0195 e. The number of nitrogens with two attached hydrogens (primary N) is 1. The van der Waals surface area contributed by atoms with E-state index in [1.165, 1.54) is 19.0 Å². The molecule has 0 rings (SSSR count). The van der Waals surface area contributed by atoms with E-state index < -0.39 is 0 Å². The van der Waals surface area contributed by atoms with Crippen LogP contribution in [-0.2, 0) is 0 Å². The summed E-state index contributed by atoms with van der Waals surface area (Å²) in [6.07, 6.45) is 7.80. The summed E-state index contributed by atoms with van der Waals surface area (Å²) in [6, 6.07) is 0. The number of rotatable bonds is 3. The first-order chi connectivity index (χ1) is 5.70. The van der Waals surface area contributed by atoms with Crippen LogP contribution in [0.3, 0.4) is 0 Å². The van der Waals surface area contributed by atoms with Crippen LogP contribution in [0.15, 0.2) is 23.8 Å². The monoisotopic (exact) mass is 169 g/mol. The van der Waals surface area contributed by atoms with Gasteiger partial charge in [-0.1, -0.05) is 44.1 Å². The van der Waals surface area contributed by atoms with Gasteiger partial charge in [-0.25, -0.2) is 0 Å². The van der Waals surface area contributed by atoms with E-state index in [2.05, 4.69) is 51.7 Å². The van der Waals surface area contributed by atoms with Gasteiger partial charge in [0.1, 0.15) is 0 Å². The van der Waals surface area contributed by atoms with Crippen molar-refractivity contribution in [1.29, 1.82) is 0 Å². The van der Waals surface area contributed by atoms with Crippen molar-refractivity contribution in [3.05, 3.63) is 23.8 Å². The highest BCUT2D eigenvalue weighted by Crippen LogP contribution is 2.04. The first-order valence-electron chi connectivity index (χ1n) is 4.59. The summed E-state index contributed by atoms with van der Waals surface area (Å²) < 4.78 is 0. The summed E-state index contributed by atoms with van der Waals surface area (Å²) >= 11 is 0. The van der Waals surface area contributed by atoms with Crippen molar-refractivity contribution in [1.82, 2.24) is 0 Å². The van der Waals surface area contributed by atoms with Crippen LogP contribution in [0.2, 0.25) is 0 Å². The van der Waals surface area contributed by atoms with E-state index in [1.807, 2.05) is 0 Å². The van der Waals surface area contributed by atoms with Crippen molar-refractivity contribution >= 4 is 0 Å². The largest absolute Gasteiger partial charge is 0.333 e. The molecule has 0 aromatic rings. The second kappa shape index (κ2) is 10.4. The maximum atomic E-state index is 4.50. The molecule has 12 heavy (non-hydrogen) atoms. The van der Waals surface area contributed by atoms with Gasteiger partial charge in [-0.2, -0.15) is 0 Å². The average molecular weight is 169 g/mol. The van der Waals surface area contributed by atoms with Crippen LogP contribution >= 0.6 is 0 Å². The summed E-state index contributed by atoms with van der Waals surface area (Å²) in [5.74, 6) is 0.717. The zero-order valence-corrected chi connectivity index (χ0v) is 9.09. The molecule has 0 aromatic heterocycles. The number of hydrogen-bond acceptors (Lipinski definition) is 1. The summed E-state index contributed by atoms with van der Waals surface area (Å²) in [5.41, 5.74) is 5.85. The fourth-order valence-electron chi connectivity index (χ4n) is 0.548. The van der Waals surface area contributed by atoms with Crippen molar-refractivity contribution in [3.8, 4) is 0 Å². The average Bonchev–Trinajstić information content (AvgIpc) is 2.16. The lowest BCUT2D eigenvalue weighted by Gasteiger charge is -1.98. The Morgan fingerprint density at radius 2 is 1.92 bits per heavy atom. The number of allylic oxidation sites excluding steroid dienone is 4. The fourth-order valence-corrected chi connectivity index (χ4v) is 0.548. The van der Waals surface area contributed by atoms with Gasteiger partial charge >= 0.3 is 0 Å². The van der Waals surface area contributed by atoms with Crippen LogP contribution in [0.5, 0.6) is 0 Å². The molecule has 0 heterocycles. The minimum Gasteiger partial charge on any atom is -0.333 e. The van der Waals surface area contributed by atoms with Gasteiger partial charge in [0.15, 0.2) is 0 Å². The third kappa shape index (κ3) is 9.44. The van der Waals surface area contributed by atoms with Gasteiger partial charge in [0.2, 0.25) is 0 Å². The van der Waals surface area contributed by atoms with Crippen molar-refractivity contribution < 1.29 is 0 Å². The molecule has 0 amide bonds. The first kappa shape index (κ1) is 14.0. The molecular formula is C11H23N. The quantitative estimate of drug-likeness (QED) is 0.645. The minimum atomic E-state index is 0.717. The molecule has 0 aliphatic carbocycles. The molecular weight excluding hydrogens is 146 g/mol. The zero-order valence-electron chi connectivity index (χ0n) is 9.09. The molecule has 0 saturated carbocycles. The standard InChI is InChI=1S/C10H18.CH5N/c1-5-9(3)7-8-10(4)6-2;1-2/h5,7-8,10H,6H2,1-4H3;2H2,1H3/b8-7-,9-5-;. The van der Waals surface area contributed by atoms with E-state index in [-0.39, 0.29) is 0 Å². The van der Waals surface area contributed by atoms with Crippen molar-refractivity contribution in [2.24, 2.45) is 11.7 Å². The van der Waals surface area contributed by atoms with Gasteiger partial charge in [0, 0.05) is 0 Å². The van der Waals surface area contributed by atoms with Crippen molar-refractivity contribution in [2.45, 2.75) is 34.1 Å². The highest BCUT2D eigenvalue weighted by atomic mass is 14.4. The van der Waals surface area contributed by atoms with Crippen LogP contribution in [0.25, 0.3) is 0 Å². The van der Waals surface area contributed by atoms with Gasteiger partial charge in [-0.3, -0.25) is 0 Å². The summed E-state index contributed by atoms with van der Waals surface area (Å²) in [7, 11) is 1.50. The zero-order chi connectivity index (χ0) is 9.98. The highest BCUT2D eigenvalue weighted by Gasteiger charge is 1.88. The Bertz CT molecular complexity index is 134. The molecule has 0 radical (unpaired) electrons. The second-order valence-corrected chi connectivity index (χ2v) is 2.78. The first-order valence-corrected chi connectivity index (χ1v) is 4.59. The maximum Gasteiger partial charge on any atom is -0.0195 e. The van der Waals surface area contributed by atoms with Crippen molar-refractivity contribution in [2.75, 3.05) is 7.05 Å². The summed E-state index contributed by atoms with van der Waals surface area (Å²) in [5, 5.41) is 0. The molecule has 0 fully saturated rings. The molecule has 0 bridgehead atoms. The molecule has 0 aliphatic heterocycles. The van der Waals surface area contributed by atoms with E-state index in [4.69, 9.17) is 0 Å². The van der Waals surface area contributed by atoms with Crippen LogP contribution < -0.4 is 5.73 Å². The predicted molar refractivity (Wildman–Crippen MR) is 58.1 cm³/mol. The highest BCUT2D eigenvalue weighted by molar-refractivity contribution is 5.15. The Kier molecular flexibility index (Phi) is 12.2.